The number of carbonyl (C=O) groups is 11. The van der Waals surface area contributed by atoms with Crippen LogP contribution in [0.3, 0.4) is 0 Å². The van der Waals surface area contributed by atoms with Crippen molar-refractivity contribution in [1.29, 1.82) is 0 Å². The van der Waals surface area contributed by atoms with E-state index in [1.807, 2.05) is 0 Å². The van der Waals surface area contributed by atoms with E-state index in [-0.39, 0.29) is 25.0 Å². The number of carbonyl (C=O) groups excluding carboxylic acids is 10. The molecular weight excluding hydrogens is 923 g/mol. The Labute approximate surface area is 409 Å². The first kappa shape index (κ1) is 61.5. The molecule has 1 fully saturated rings. The van der Waals surface area contributed by atoms with Gasteiger partial charge in [-0.1, -0.05) is 0 Å². The summed E-state index contributed by atoms with van der Waals surface area (Å²) in [6, 6.07) is -6.01. The minimum Gasteiger partial charge on any atom is -0.784 e. The van der Waals surface area contributed by atoms with Crippen molar-refractivity contribution in [3.8, 4) is 0 Å². The number of nitrogens with one attached hydrogen (secondary N) is 10. The molecule has 1 saturated heterocycles. The van der Waals surface area contributed by atoms with Crippen LogP contribution in [0.5, 0.6) is 0 Å². The van der Waals surface area contributed by atoms with Crippen LogP contribution in [0.4, 0.5) is 0 Å². The van der Waals surface area contributed by atoms with Gasteiger partial charge in [0.2, 0.25) is 59.1 Å². The van der Waals surface area contributed by atoms with Gasteiger partial charge in [0.05, 0.1) is 0 Å². The largest absolute Gasteiger partial charge is 0.784 e. The maximum Gasteiger partial charge on any atom is 0.329 e. The molecule has 0 unspecified atom stereocenters. The van der Waals surface area contributed by atoms with Crippen LogP contribution in [0.25, 0.3) is 0 Å². The number of carboxylic acid groups (broad SMARTS) is 1. The average molecular weight is 999 g/mol. The second-order valence-corrected chi connectivity index (χ2v) is 21.6. The molecule has 0 aromatic rings. The van der Waals surface area contributed by atoms with Gasteiger partial charge in [0, 0.05) is 17.5 Å². The molecule has 25 heteroatoms. The summed E-state index contributed by atoms with van der Waals surface area (Å²) in [5.41, 5.74) is -10.6. The maximum absolute atomic E-state index is 13.3. The minimum absolute atomic E-state index is 0.0880. The van der Waals surface area contributed by atoms with E-state index in [4.69, 9.17) is 0 Å². The van der Waals surface area contributed by atoms with E-state index in [1.54, 1.807) is 27.7 Å². The van der Waals surface area contributed by atoms with E-state index >= 15 is 0 Å². The van der Waals surface area contributed by atoms with Gasteiger partial charge in [0.1, 0.15) is 57.9 Å². The Kier molecular flexibility index (Phi) is 20.4. The van der Waals surface area contributed by atoms with Crippen molar-refractivity contribution in [3.05, 3.63) is 5.21 Å². The van der Waals surface area contributed by atoms with Gasteiger partial charge in [-0.25, -0.2) is 4.79 Å². The van der Waals surface area contributed by atoms with Crippen LogP contribution < -0.4 is 53.2 Å². The molecule has 0 spiro atoms. The molecule has 69 heavy (non-hydrogen) atoms. The van der Waals surface area contributed by atoms with E-state index in [0.717, 1.165) is 5.06 Å². The fraction of sp³-hybridized carbons (Fsp3) is 0.750. The molecule has 392 valence electrons. The number of thiol groups is 1. The average Bonchev–Trinajstić information content (AvgIpc) is 3.18. The number of carboxylic acids is 1. The van der Waals surface area contributed by atoms with Crippen molar-refractivity contribution in [1.82, 2.24) is 58.2 Å². The van der Waals surface area contributed by atoms with Gasteiger partial charge in [-0.05, 0) is 136 Å². The summed E-state index contributed by atoms with van der Waals surface area (Å²) in [5.74, 6) is -8.61. The quantitative estimate of drug-likeness (QED) is 0.0550. The topological polar surface area (TPSA) is 355 Å². The van der Waals surface area contributed by atoms with Crippen LogP contribution in [0, 0.1) is 5.21 Å². The summed E-state index contributed by atoms with van der Waals surface area (Å²) in [7, 11) is 0. The molecule has 0 aliphatic carbocycles. The maximum atomic E-state index is 13.3. The summed E-state index contributed by atoms with van der Waals surface area (Å²) >= 11 is 3.98. The first-order chi connectivity index (χ1) is 31.0. The predicted octanol–water partition coefficient (Wildman–Crippen LogP) is -1.50. The Balaban J connectivity index is 2.83. The van der Waals surface area contributed by atoms with Crippen molar-refractivity contribution in [2.24, 2.45) is 0 Å². The molecular formula is C44H76N11O13S-. The molecule has 1 aliphatic heterocycles. The highest BCUT2D eigenvalue weighted by Crippen LogP contribution is 2.43. The van der Waals surface area contributed by atoms with Gasteiger partial charge < -0.3 is 68.5 Å². The Hall–Kier alpha value is -5.56. The molecule has 10 amide bonds. The number of piperidine rings is 1. The molecule has 0 bridgehead atoms. The van der Waals surface area contributed by atoms with E-state index in [2.05, 4.69) is 65.8 Å². The van der Waals surface area contributed by atoms with Gasteiger partial charge in [0.25, 0.3) is 0 Å². The molecule has 1 rings (SSSR count). The lowest BCUT2D eigenvalue weighted by atomic mass is 9.70. The van der Waals surface area contributed by atoms with Crippen molar-refractivity contribution in [2.45, 2.75) is 206 Å². The number of hydroxylamine groups is 2. The predicted molar refractivity (Wildman–Crippen MR) is 256 cm³/mol. The Morgan fingerprint density at radius 3 is 1.00 bits per heavy atom. The summed E-state index contributed by atoms with van der Waals surface area (Å²) < 4.78 is 0. The zero-order valence-corrected chi connectivity index (χ0v) is 43.9. The van der Waals surface area contributed by atoms with Gasteiger partial charge in [-0.15, -0.1) is 0 Å². The Morgan fingerprint density at radius 1 is 0.507 bits per heavy atom. The normalized spacial score (nSPS) is 17.9. The van der Waals surface area contributed by atoms with Crippen LogP contribution in [-0.2, 0) is 52.7 Å². The fourth-order valence-corrected chi connectivity index (χ4v) is 7.49. The number of amides is 10. The minimum atomic E-state index is -1.82. The van der Waals surface area contributed by atoms with Crippen molar-refractivity contribution in [3.63, 3.8) is 0 Å². The highest BCUT2D eigenvalue weighted by molar-refractivity contribution is 7.80. The molecule has 24 nitrogen and oxygen atoms in total. The lowest BCUT2D eigenvalue weighted by molar-refractivity contribution is -0.157. The van der Waals surface area contributed by atoms with Crippen LogP contribution in [0.2, 0.25) is 0 Å². The fourth-order valence-electron chi connectivity index (χ4n) is 7.28. The lowest BCUT2D eigenvalue weighted by Gasteiger charge is -2.62. The highest BCUT2D eigenvalue weighted by Gasteiger charge is 2.54. The summed E-state index contributed by atoms with van der Waals surface area (Å²) in [5, 5.41) is 48.8. The molecule has 0 radical (unpaired) electrons. The third-order valence-corrected chi connectivity index (χ3v) is 11.7. The van der Waals surface area contributed by atoms with Crippen molar-refractivity contribution >= 4 is 77.7 Å². The number of nitrogens with zero attached hydrogens (tertiary/aromatic N) is 1. The van der Waals surface area contributed by atoms with Gasteiger partial charge in [-0.2, -0.15) is 12.6 Å². The first-order valence-corrected chi connectivity index (χ1v) is 23.1. The molecule has 1 aliphatic rings. The molecule has 0 aromatic heterocycles. The van der Waals surface area contributed by atoms with Crippen molar-refractivity contribution in [2.75, 3.05) is 5.75 Å². The molecule has 11 N–H and O–H groups in total. The van der Waals surface area contributed by atoms with Gasteiger partial charge in [-0.3, -0.25) is 47.9 Å². The van der Waals surface area contributed by atoms with E-state index in [9.17, 15) is 63.1 Å². The van der Waals surface area contributed by atoms with Crippen LogP contribution in [-0.4, -0.2) is 150 Å². The van der Waals surface area contributed by atoms with Crippen LogP contribution in [0.1, 0.15) is 137 Å². The first-order valence-electron chi connectivity index (χ1n) is 22.5. The second kappa shape index (κ2) is 22.9. The third kappa shape index (κ3) is 16.8. The summed E-state index contributed by atoms with van der Waals surface area (Å²) in [6.07, 6.45) is -0.339. The number of rotatable bonds is 22. The standard InChI is InChI=1S/C44H76N11O13S/c1-22(45-27(56)18-19-69)28(57)50-40(10,11)33(62)46-23(2)29(58)51-41(12,13)34(63)47-24(3)30(59)52-42(14,15)35(64)48-25(4)31(60)53-43(16,17)36(65)49-26(5)32(61)54-44(37(66)67)20-38(6,7)55(68)39(8,9)21-44/h22-26,69H,18-21H2,1-17H3,(H,45,56)(H,46,62)(H,47,63)(H,48,64)(H,49,65)(H,50,57)(H,51,58)(H,52,59)(H,53,60)(H,54,61)(H,66,67)/q-1/t22-,23+,24+,25+,26+/m1/s1. The number of hydrogen-bond acceptors (Lipinski definition) is 14. The SMILES string of the molecule is C[C@H](NC(=O)C(C)(C)NC(=O)[C@H](C)NC(=O)C(C)(C)NC(=O)[C@H](C)NC(=O)C(C)(C)NC(=O)[C@@H](C)NC(=O)CCS)C(=O)NC(C)(C)C(=O)N[C@@H](C)C(=O)NC1(C(=O)O)CC(C)(C)N([O-])C(C)(C)C1. The van der Waals surface area contributed by atoms with E-state index in [1.165, 1.54) is 90.0 Å². The van der Waals surface area contributed by atoms with Gasteiger partial charge >= 0.3 is 5.97 Å². The molecule has 0 saturated carbocycles. The molecule has 1 heterocycles. The Bertz CT molecular complexity index is 2000. The number of aliphatic carboxylic acids is 1. The molecule has 5 atom stereocenters. The third-order valence-electron chi connectivity index (χ3n) is 11.4. The monoisotopic (exact) mass is 999 g/mol. The van der Waals surface area contributed by atoms with Crippen molar-refractivity contribution < 1.29 is 57.8 Å². The van der Waals surface area contributed by atoms with Crippen LogP contribution >= 0.6 is 12.6 Å². The highest BCUT2D eigenvalue weighted by atomic mass is 32.1. The smallest absolute Gasteiger partial charge is 0.329 e. The number of hydrogen-bond donors (Lipinski definition) is 12. The van der Waals surface area contributed by atoms with E-state index in [0.29, 0.717) is 0 Å². The molecule has 0 aromatic carbocycles. The zero-order valence-electron chi connectivity index (χ0n) is 43.0. The summed E-state index contributed by atoms with van der Waals surface area (Å²) in [4.78, 5) is 143. The lowest BCUT2D eigenvalue weighted by Crippen LogP contribution is -2.71. The second-order valence-electron chi connectivity index (χ2n) is 21.1. The van der Waals surface area contributed by atoms with Crippen LogP contribution in [0.15, 0.2) is 0 Å². The zero-order chi connectivity index (χ0) is 54.2. The van der Waals surface area contributed by atoms with Gasteiger partial charge in [0.15, 0.2) is 0 Å². The summed E-state index contributed by atoms with van der Waals surface area (Å²) in [6.45, 7) is 23.9. The Morgan fingerprint density at radius 2 is 0.754 bits per heavy atom. The van der Waals surface area contributed by atoms with E-state index < -0.39 is 134 Å².